The second-order valence-electron chi connectivity index (χ2n) is 9.31. The zero-order chi connectivity index (χ0) is 27.8. The van der Waals surface area contributed by atoms with E-state index in [-0.39, 0.29) is 29.7 Å². The molecule has 1 fully saturated rings. The monoisotopic (exact) mass is 544 g/mol. The minimum atomic E-state index is -4.64. The van der Waals surface area contributed by atoms with Gasteiger partial charge in [0.25, 0.3) is 5.91 Å². The van der Waals surface area contributed by atoms with Gasteiger partial charge in [0, 0.05) is 12.3 Å². The molecule has 0 saturated carbocycles. The number of hydrogen-bond acceptors (Lipinski definition) is 6. The molecule has 1 aliphatic carbocycles. The average molecular weight is 545 g/mol. The van der Waals surface area contributed by atoms with Crippen LogP contribution >= 0.6 is 11.8 Å². The Bertz CT molecular complexity index is 960. The number of halogens is 3. The summed E-state index contributed by atoms with van der Waals surface area (Å²) >= 11 is 1.48. The third-order valence-corrected chi connectivity index (χ3v) is 7.48. The summed E-state index contributed by atoms with van der Waals surface area (Å²) in [7, 11) is 1.71. The quantitative estimate of drug-likeness (QED) is 0.456. The third kappa shape index (κ3) is 8.74. The normalized spacial score (nSPS) is 20.7. The van der Waals surface area contributed by atoms with Crippen molar-refractivity contribution in [3.8, 4) is 0 Å². The van der Waals surface area contributed by atoms with Crippen molar-refractivity contribution in [3.05, 3.63) is 35.4 Å². The van der Waals surface area contributed by atoms with Gasteiger partial charge in [0.2, 0.25) is 18.1 Å². The number of rotatable bonds is 7. The van der Waals surface area contributed by atoms with Crippen LogP contribution in [0.2, 0.25) is 0 Å². The van der Waals surface area contributed by atoms with Crippen LogP contribution in [-0.4, -0.2) is 71.9 Å². The van der Waals surface area contributed by atoms with Gasteiger partial charge in [-0.05, 0) is 50.3 Å². The Morgan fingerprint density at radius 1 is 1.16 bits per heavy atom. The smallest absolute Gasteiger partial charge is 0.347 e. The van der Waals surface area contributed by atoms with Gasteiger partial charge < -0.3 is 20.9 Å². The summed E-state index contributed by atoms with van der Waals surface area (Å²) in [6.45, 7) is 6.07. The van der Waals surface area contributed by atoms with E-state index in [0.29, 0.717) is 12.3 Å². The standard InChI is InChI=1S/C23H34N4O3S.C2HF3O/c1-14(2)19(26-20(28)15(3)24-4)22(30)27-12-13-31-23(27)21(29)25-18-11-7-9-16-8-5-6-10-17(16)18;3-2(4,5)1-6/h5-6,8,10,14-15,18-19,23-24H,7,9,11-13H2,1-4H3,(H,25,29)(H,26,28);1H/t15-,18+,19-,23?;/m0./s1. The number of thioether (sulfide) groups is 1. The van der Waals surface area contributed by atoms with Crippen molar-refractivity contribution in [2.24, 2.45) is 5.92 Å². The molecule has 37 heavy (non-hydrogen) atoms. The first-order valence-corrected chi connectivity index (χ1v) is 13.3. The van der Waals surface area contributed by atoms with Crippen molar-refractivity contribution in [2.45, 2.75) is 69.7 Å². The van der Waals surface area contributed by atoms with Crippen LogP contribution in [0.15, 0.2) is 24.3 Å². The van der Waals surface area contributed by atoms with Crippen LogP contribution in [0.5, 0.6) is 0 Å². The molecule has 0 spiro atoms. The minimum Gasteiger partial charge on any atom is -0.347 e. The maximum atomic E-state index is 13.3. The lowest BCUT2D eigenvalue weighted by Gasteiger charge is -2.32. The number of fused-ring (bicyclic) bond motifs is 1. The first kappa shape index (κ1) is 30.6. The van der Waals surface area contributed by atoms with Gasteiger partial charge in [-0.3, -0.25) is 19.2 Å². The summed E-state index contributed by atoms with van der Waals surface area (Å²) in [5.41, 5.74) is 2.46. The predicted octanol–water partition coefficient (Wildman–Crippen LogP) is 2.58. The van der Waals surface area contributed by atoms with Gasteiger partial charge in [-0.2, -0.15) is 13.2 Å². The second-order valence-corrected chi connectivity index (χ2v) is 10.5. The number of nitrogens with one attached hydrogen (secondary N) is 3. The number of hydrogen-bond donors (Lipinski definition) is 3. The van der Waals surface area contributed by atoms with E-state index in [1.165, 1.54) is 22.9 Å². The van der Waals surface area contributed by atoms with Crippen molar-refractivity contribution in [2.75, 3.05) is 19.3 Å². The first-order chi connectivity index (χ1) is 17.4. The van der Waals surface area contributed by atoms with Crippen molar-refractivity contribution in [1.29, 1.82) is 0 Å². The highest BCUT2D eigenvalue weighted by atomic mass is 32.2. The molecule has 0 radical (unpaired) electrons. The van der Waals surface area contributed by atoms with Crippen LogP contribution in [-0.2, 0) is 25.6 Å². The number of alkyl halides is 3. The summed E-state index contributed by atoms with van der Waals surface area (Å²) in [4.78, 5) is 49.2. The van der Waals surface area contributed by atoms with Gasteiger partial charge in [-0.1, -0.05) is 38.1 Å². The lowest BCUT2D eigenvalue weighted by molar-refractivity contribution is -0.156. The fourth-order valence-electron chi connectivity index (χ4n) is 4.16. The van der Waals surface area contributed by atoms with Gasteiger partial charge in [-0.25, -0.2) is 0 Å². The third-order valence-electron chi connectivity index (χ3n) is 6.27. The molecule has 2 aliphatic rings. The van der Waals surface area contributed by atoms with E-state index in [9.17, 15) is 27.6 Å². The van der Waals surface area contributed by atoms with E-state index >= 15 is 0 Å². The molecule has 206 valence electrons. The summed E-state index contributed by atoms with van der Waals surface area (Å²) in [5.74, 6) is 0.0774. The maximum Gasteiger partial charge on any atom is 0.446 e. The summed E-state index contributed by atoms with van der Waals surface area (Å²) in [6.07, 6.45) is -2.73. The Morgan fingerprint density at radius 2 is 1.81 bits per heavy atom. The number of benzene rings is 1. The van der Waals surface area contributed by atoms with Crippen LogP contribution in [0, 0.1) is 5.92 Å². The van der Waals surface area contributed by atoms with Crippen LogP contribution < -0.4 is 16.0 Å². The number of aryl methyl sites for hydroxylation is 1. The molecule has 4 atom stereocenters. The molecule has 1 aliphatic heterocycles. The molecule has 1 heterocycles. The van der Waals surface area contributed by atoms with Crippen LogP contribution in [0.4, 0.5) is 13.2 Å². The molecule has 12 heteroatoms. The fraction of sp³-hybridized carbons (Fsp3) is 0.600. The number of carbonyl (C=O) groups is 4. The highest BCUT2D eigenvalue weighted by molar-refractivity contribution is 8.00. The topological polar surface area (TPSA) is 108 Å². The molecule has 1 aromatic carbocycles. The van der Waals surface area contributed by atoms with Gasteiger partial charge in [0.15, 0.2) is 5.37 Å². The van der Waals surface area contributed by atoms with Crippen LogP contribution in [0.3, 0.4) is 0 Å². The van der Waals surface area contributed by atoms with Gasteiger partial charge in [-0.15, -0.1) is 11.8 Å². The van der Waals surface area contributed by atoms with Crippen LogP contribution in [0.1, 0.15) is 50.8 Å². The van der Waals surface area contributed by atoms with E-state index in [1.807, 2.05) is 26.0 Å². The Morgan fingerprint density at radius 3 is 2.41 bits per heavy atom. The lowest BCUT2D eigenvalue weighted by atomic mass is 9.88. The largest absolute Gasteiger partial charge is 0.446 e. The van der Waals surface area contributed by atoms with Crippen molar-refractivity contribution >= 4 is 35.8 Å². The molecule has 3 amide bonds. The zero-order valence-corrected chi connectivity index (χ0v) is 22.2. The van der Waals surface area contributed by atoms with Gasteiger partial charge >= 0.3 is 6.18 Å². The molecule has 1 unspecified atom stereocenters. The predicted molar refractivity (Wildman–Crippen MR) is 136 cm³/mol. The molecule has 8 nitrogen and oxygen atoms in total. The van der Waals surface area contributed by atoms with E-state index in [0.717, 1.165) is 19.3 Å². The Kier molecular flexibility index (Phi) is 11.4. The molecule has 3 rings (SSSR count). The highest BCUT2D eigenvalue weighted by Gasteiger charge is 2.40. The highest BCUT2D eigenvalue weighted by Crippen LogP contribution is 2.31. The van der Waals surface area contributed by atoms with Gasteiger partial charge in [0.1, 0.15) is 6.04 Å². The zero-order valence-electron chi connectivity index (χ0n) is 21.4. The SMILES string of the molecule is CN[C@@H](C)C(=O)N[C@H](C(=O)N1CCSC1C(=O)N[C@@H]1CCCc2ccccc21)C(C)C.O=CC(F)(F)F. The minimum absolute atomic E-state index is 0.0207. The van der Waals surface area contributed by atoms with Crippen LogP contribution in [0.25, 0.3) is 0 Å². The molecule has 1 aromatic rings. The maximum absolute atomic E-state index is 13.3. The fourth-order valence-corrected chi connectivity index (χ4v) is 5.30. The first-order valence-electron chi connectivity index (χ1n) is 12.2. The molecule has 1 saturated heterocycles. The molecule has 3 N–H and O–H groups in total. The molecular formula is C25H35F3N4O4S. The van der Waals surface area contributed by atoms with E-state index < -0.39 is 29.9 Å². The Hall–Kier alpha value is -2.60. The van der Waals surface area contributed by atoms with Crippen molar-refractivity contribution in [1.82, 2.24) is 20.9 Å². The Labute approximate surface area is 219 Å². The Balaban J connectivity index is 0.000000717. The van der Waals surface area contributed by atoms with Gasteiger partial charge in [0.05, 0.1) is 12.1 Å². The number of likely N-dealkylation sites (N-methyl/N-ethyl adjacent to an activating group) is 1. The lowest BCUT2D eigenvalue weighted by Crippen LogP contribution is -2.57. The number of amides is 3. The van der Waals surface area contributed by atoms with E-state index in [1.54, 1.807) is 18.9 Å². The number of nitrogens with zero attached hydrogens (tertiary/aromatic N) is 1. The van der Waals surface area contributed by atoms with Crippen molar-refractivity contribution in [3.63, 3.8) is 0 Å². The summed E-state index contributed by atoms with van der Waals surface area (Å²) in [6, 6.07) is 7.16. The average Bonchev–Trinajstić information content (AvgIpc) is 3.36. The second kappa shape index (κ2) is 13.8. The molecule has 0 aromatic heterocycles. The van der Waals surface area contributed by atoms with Crippen molar-refractivity contribution < 1.29 is 32.3 Å². The number of aldehydes is 1. The summed E-state index contributed by atoms with van der Waals surface area (Å²) < 4.78 is 31.2. The molecule has 0 bridgehead atoms. The van der Waals surface area contributed by atoms with E-state index in [2.05, 4.69) is 28.1 Å². The summed E-state index contributed by atoms with van der Waals surface area (Å²) in [5, 5.41) is 8.38. The number of carbonyl (C=O) groups excluding carboxylic acids is 4. The van der Waals surface area contributed by atoms with E-state index in [4.69, 9.17) is 4.79 Å². The molecular weight excluding hydrogens is 509 g/mol.